The maximum atomic E-state index is 3.44. The van der Waals surface area contributed by atoms with Crippen LogP contribution in [0.25, 0.3) is 0 Å². The standard InChI is InChI=1S/C11H15N/c1-2-5-9-8-12-11-7-4-3-6-10(9)11/h3-4,6-7,9,12H,2,5,8H2,1H3/t9-/m0/s1. The molecule has 1 aliphatic heterocycles. The van der Waals surface area contributed by atoms with Crippen LogP contribution in [0.5, 0.6) is 0 Å². The van der Waals surface area contributed by atoms with Crippen LogP contribution in [0.1, 0.15) is 31.2 Å². The number of hydrogen-bond acceptors (Lipinski definition) is 1. The van der Waals surface area contributed by atoms with Gasteiger partial charge in [0.1, 0.15) is 0 Å². The highest BCUT2D eigenvalue weighted by Crippen LogP contribution is 2.33. The molecule has 0 aliphatic carbocycles. The Morgan fingerprint density at radius 1 is 1.42 bits per heavy atom. The van der Waals surface area contributed by atoms with Crippen LogP contribution in [0, 0.1) is 0 Å². The zero-order valence-corrected chi connectivity index (χ0v) is 7.51. The van der Waals surface area contributed by atoms with E-state index in [4.69, 9.17) is 0 Å². The normalized spacial score (nSPS) is 20.2. The first-order valence-corrected chi connectivity index (χ1v) is 4.74. The molecule has 0 radical (unpaired) electrons. The first-order valence-electron chi connectivity index (χ1n) is 4.74. The van der Waals surface area contributed by atoms with Gasteiger partial charge in [-0.25, -0.2) is 0 Å². The Labute approximate surface area is 73.8 Å². The monoisotopic (exact) mass is 161 g/mol. The lowest BCUT2D eigenvalue weighted by atomic mass is 9.97. The summed E-state index contributed by atoms with van der Waals surface area (Å²) < 4.78 is 0. The Balaban J connectivity index is 2.24. The van der Waals surface area contributed by atoms with Crippen molar-refractivity contribution < 1.29 is 0 Å². The molecule has 1 N–H and O–H groups in total. The molecule has 1 nitrogen and oxygen atoms in total. The van der Waals surface area contributed by atoms with Gasteiger partial charge in [0.25, 0.3) is 0 Å². The lowest BCUT2D eigenvalue weighted by Crippen LogP contribution is -2.00. The van der Waals surface area contributed by atoms with Crippen molar-refractivity contribution in [3.8, 4) is 0 Å². The average molecular weight is 161 g/mol. The van der Waals surface area contributed by atoms with Gasteiger partial charge < -0.3 is 5.32 Å². The number of hydrogen-bond donors (Lipinski definition) is 1. The summed E-state index contributed by atoms with van der Waals surface area (Å²) in [5.41, 5.74) is 2.86. The maximum Gasteiger partial charge on any atom is 0.0376 e. The van der Waals surface area contributed by atoms with Gasteiger partial charge in [0.2, 0.25) is 0 Å². The summed E-state index contributed by atoms with van der Waals surface area (Å²) in [6.07, 6.45) is 2.59. The second kappa shape index (κ2) is 3.18. The van der Waals surface area contributed by atoms with E-state index < -0.39 is 0 Å². The summed E-state index contributed by atoms with van der Waals surface area (Å²) >= 11 is 0. The highest BCUT2D eigenvalue weighted by atomic mass is 14.9. The molecular weight excluding hydrogens is 146 g/mol. The number of para-hydroxylation sites is 1. The Hall–Kier alpha value is -0.980. The largest absolute Gasteiger partial charge is 0.384 e. The third-order valence-corrected chi connectivity index (χ3v) is 2.58. The number of benzene rings is 1. The highest BCUT2D eigenvalue weighted by Gasteiger charge is 2.19. The van der Waals surface area contributed by atoms with Crippen LogP contribution in [-0.2, 0) is 0 Å². The molecule has 0 unspecified atom stereocenters. The maximum absolute atomic E-state index is 3.44. The third kappa shape index (κ3) is 1.20. The summed E-state index contributed by atoms with van der Waals surface area (Å²) in [6, 6.07) is 8.65. The fourth-order valence-corrected chi connectivity index (χ4v) is 1.96. The minimum Gasteiger partial charge on any atom is -0.384 e. The smallest absolute Gasteiger partial charge is 0.0376 e. The first kappa shape index (κ1) is 7.66. The van der Waals surface area contributed by atoms with Crippen molar-refractivity contribution in [2.45, 2.75) is 25.7 Å². The predicted octanol–water partition coefficient (Wildman–Crippen LogP) is 3.00. The van der Waals surface area contributed by atoms with Gasteiger partial charge in [-0.15, -0.1) is 0 Å². The average Bonchev–Trinajstić information content (AvgIpc) is 2.50. The van der Waals surface area contributed by atoms with Crippen molar-refractivity contribution in [3.63, 3.8) is 0 Å². The highest BCUT2D eigenvalue weighted by molar-refractivity contribution is 5.57. The first-order chi connectivity index (χ1) is 5.92. The molecule has 0 fully saturated rings. The lowest BCUT2D eigenvalue weighted by Gasteiger charge is -2.06. The molecule has 1 aliphatic rings. The number of fused-ring (bicyclic) bond motifs is 1. The number of anilines is 1. The summed E-state index contributed by atoms with van der Waals surface area (Å²) in [5.74, 6) is 0.756. The molecule has 0 bridgehead atoms. The van der Waals surface area contributed by atoms with E-state index in [1.165, 1.54) is 24.1 Å². The Kier molecular flexibility index (Phi) is 2.03. The Morgan fingerprint density at radius 2 is 2.25 bits per heavy atom. The molecule has 0 saturated carbocycles. The van der Waals surface area contributed by atoms with Gasteiger partial charge >= 0.3 is 0 Å². The predicted molar refractivity (Wildman–Crippen MR) is 52.6 cm³/mol. The third-order valence-electron chi connectivity index (χ3n) is 2.58. The summed E-state index contributed by atoms with van der Waals surface area (Å²) in [5, 5.41) is 3.44. The number of nitrogens with one attached hydrogen (secondary N) is 1. The molecular formula is C11H15N. The van der Waals surface area contributed by atoms with Gasteiger partial charge in [-0.2, -0.15) is 0 Å². The SMILES string of the molecule is CCC[C@H]1CNc2ccccc21. The van der Waals surface area contributed by atoms with Crippen molar-refractivity contribution in [2.75, 3.05) is 11.9 Å². The van der Waals surface area contributed by atoms with Crippen LogP contribution in [-0.4, -0.2) is 6.54 Å². The molecule has 0 saturated heterocycles. The van der Waals surface area contributed by atoms with Crippen LogP contribution < -0.4 is 5.32 Å². The fraction of sp³-hybridized carbons (Fsp3) is 0.455. The Morgan fingerprint density at radius 3 is 3.08 bits per heavy atom. The van der Waals surface area contributed by atoms with Crippen LogP contribution in [0.3, 0.4) is 0 Å². The molecule has 2 rings (SSSR count). The lowest BCUT2D eigenvalue weighted by molar-refractivity contribution is 0.661. The quantitative estimate of drug-likeness (QED) is 0.703. The van der Waals surface area contributed by atoms with Gasteiger partial charge in [-0.3, -0.25) is 0 Å². The van der Waals surface area contributed by atoms with Gasteiger partial charge in [-0.05, 0) is 18.1 Å². The van der Waals surface area contributed by atoms with E-state index >= 15 is 0 Å². The molecule has 1 aromatic rings. The molecule has 1 heteroatoms. The van der Waals surface area contributed by atoms with Crippen molar-refractivity contribution in [2.24, 2.45) is 0 Å². The summed E-state index contributed by atoms with van der Waals surface area (Å²) in [4.78, 5) is 0. The van der Waals surface area contributed by atoms with Crippen LogP contribution in [0.2, 0.25) is 0 Å². The Bertz CT molecular complexity index is 265. The molecule has 0 amide bonds. The van der Waals surface area contributed by atoms with Crippen LogP contribution >= 0.6 is 0 Å². The van der Waals surface area contributed by atoms with E-state index in [-0.39, 0.29) is 0 Å². The molecule has 1 aromatic carbocycles. The van der Waals surface area contributed by atoms with Crippen LogP contribution in [0.4, 0.5) is 5.69 Å². The zero-order valence-electron chi connectivity index (χ0n) is 7.51. The summed E-state index contributed by atoms with van der Waals surface area (Å²) in [6.45, 7) is 3.38. The minimum atomic E-state index is 0.756. The molecule has 64 valence electrons. The van der Waals surface area contributed by atoms with Gasteiger partial charge in [-0.1, -0.05) is 31.5 Å². The van der Waals surface area contributed by atoms with Gasteiger partial charge in [0.15, 0.2) is 0 Å². The van der Waals surface area contributed by atoms with Crippen molar-refractivity contribution in [1.29, 1.82) is 0 Å². The summed E-state index contributed by atoms with van der Waals surface area (Å²) in [7, 11) is 0. The minimum absolute atomic E-state index is 0.756. The van der Waals surface area contributed by atoms with E-state index in [1.54, 1.807) is 0 Å². The van der Waals surface area contributed by atoms with E-state index in [1.807, 2.05) is 0 Å². The van der Waals surface area contributed by atoms with Crippen molar-refractivity contribution >= 4 is 5.69 Å². The van der Waals surface area contributed by atoms with E-state index in [0.717, 1.165) is 12.5 Å². The number of rotatable bonds is 2. The van der Waals surface area contributed by atoms with E-state index in [2.05, 4.69) is 36.5 Å². The molecule has 1 heterocycles. The topological polar surface area (TPSA) is 12.0 Å². The van der Waals surface area contributed by atoms with Crippen molar-refractivity contribution in [1.82, 2.24) is 0 Å². The molecule has 0 spiro atoms. The van der Waals surface area contributed by atoms with Gasteiger partial charge in [0, 0.05) is 18.2 Å². The second-order valence-electron chi connectivity index (χ2n) is 3.45. The molecule has 1 atom stereocenters. The van der Waals surface area contributed by atoms with Crippen LogP contribution in [0.15, 0.2) is 24.3 Å². The second-order valence-corrected chi connectivity index (χ2v) is 3.45. The fourth-order valence-electron chi connectivity index (χ4n) is 1.96. The van der Waals surface area contributed by atoms with Crippen molar-refractivity contribution in [3.05, 3.63) is 29.8 Å². The molecule has 12 heavy (non-hydrogen) atoms. The van der Waals surface area contributed by atoms with Gasteiger partial charge in [0.05, 0.1) is 0 Å². The zero-order chi connectivity index (χ0) is 8.39. The molecule has 0 aromatic heterocycles. The van der Waals surface area contributed by atoms with E-state index in [0.29, 0.717) is 0 Å². The van der Waals surface area contributed by atoms with E-state index in [9.17, 15) is 0 Å².